The Bertz CT molecular complexity index is 1050. The van der Waals surface area contributed by atoms with Crippen molar-refractivity contribution in [3.05, 3.63) is 66.1 Å². The van der Waals surface area contributed by atoms with Crippen LogP contribution in [0.15, 0.2) is 64.0 Å². The Hall–Kier alpha value is -2.55. The Balaban J connectivity index is 1.40. The average molecular weight is 413 g/mol. The Morgan fingerprint density at radius 3 is 2.48 bits per heavy atom. The first-order chi connectivity index (χ1) is 14.0. The molecule has 8 heteroatoms. The molecule has 0 bridgehead atoms. The van der Waals surface area contributed by atoms with Crippen LogP contribution in [0.2, 0.25) is 0 Å². The fraction of sp³-hybridized carbons (Fsp3) is 0.333. The van der Waals surface area contributed by atoms with Crippen molar-refractivity contribution < 1.29 is 12.9 Å². The van der Waals surface area contributed by atoms with E-state index in [9.17, 15) is 8.42 Å². The van der Waals surface area contributed by atoms with Gasteiger partial charge in [0.25, 0.3) is 0 Å². The van der Waals surface area contributed by atoms with Gasteiger partial charge in [0.05, 0.1) is 11.4 Å². The predicted molar refractivity (Wildman–Crippen MR) is 110 cm³/mol. The number of hydrogen-bond acceptors (Lipinski definition) is 6. The molecule has 1 saturated heterocycles. The molecule has 0 spiro atoms. The van der Waals surface area contributed by atoms with Crippen molar-refractivity contribution in [2.45, 2.75) is 24.8 Å². The first kappa shape index (κ1) is 19.8. The molecule has 3 aromatic rings. The summed E-state index contributed by atoms with van der Waals surface area (Å²) in [7, 11) is -3.48. The normalized spacial score (nSPS) is 16.6. The second kappa shape index (κ2) is 8.44. The van der Waals surface area contributed by atoms with Crippen molar-refractivity contribution in [3.63, 3.8) is 0 Å². The molecule has 2 heterocycles. The number of rotatable bonds is 5. The fourth-order valence-electron chi connectivity index (χ4n) is 3.42. The summed E-state index contributed by atoms with van der Waals surface area (Å²) in [5.74, 6) is 1.11. The summed E-state index contributed by atoms with van der Waals surface area (Å²) in [6.07, 6.45) is 0.755. The molecule has 0 aliphatic carbocycles. The summed E-state index contributed by atoms with van der Waals surface area (Å²) in [5.41, 5.74) is 1.95. The molecule has 1 fully saturated rings. The minimum atomic E-state index is -3.48. The first-order valence-corrected chi connectivity index (χ1v) is 11.1. The lowest BCUT2D eigenvalue weighted by molar-refractivity contribution is 0.236. The van der Waals surface area contributed by atoms with Crippen LogP contribution in [0.3, 0.4) is 0 Å². The summed E-state index contributed by atoms with van der Waals surface area (Å²) < 4.78 is 32.9. The Labute approximate surface area is 171 Å². The highest BCUT2D eigenvalue weighted by atomic mass is 32.2. The van der Waals surface area contributed by atoms with Crippen LogP contribution in [0.4, 0.5) is 0 Å². The number of benzene rings is 2. The summed E-state index contributed by atoms with van der Waals surface area (Å²) in [6, 6.07) is 16.7. The van der Waals surface area contributed by atoms with E-state index in [2.05, 4.69) is 15.0 Å². The molecule has 1 aliphatic rings. The molecule has 0 saturated carbocycles. The zero-order valence-electron chi connectivity index (χ0n) is 16.4. The summed E-state index contributed by atoms with van der Waals surface area (Å²) >= 11 is 0. The minimum Gasteiger partial charge on any atom is -0.338 e. The number of sulfonamides is 1. The van der Waals surface area contributed by atoms with Crippen LogP contribution >= 0.6 is 0 Å². The molecule has 0 amide bonds. The highest BCUT2D eigenvalue weighted by Gasteiger charge is 2.27. The Kier molecular flexibility index (Phi) is 5.75. The monoisotopic (exact) mass is 412 g/mol. The quantitative estimate of drug-likeness (QED) is 0.641. The minimum absolute atomic E-state index is 0.348. The van der Waals surface area contributed by atoms with Crippen molar-refractivity contribution in [2.75, 3.05) is 26.2 Å². The van der Waals surface area contributed by atoms with Gasteiger partial charge in [0.1, 0.15) is 0 Å². The molecular formula is C21H24N4O3S. The maximum Gasteiger partial charge on any atom is 0.243 e. The van der Waals surface area contributed by atoms with Crippen LogP contribution in [-0.4, -0.2) is 53.9 Å². The molecule has 4 rings (SSSR count). The summed E-state index contributed by atoms with van der Waals surface area (Å²) in [5, 5.41) is 4.06. The molecule has 29 heavy (non-hydrogen) atoms. The molecule has 1 aliphatic heterocycles. The van der Waals surface area contributed by atoms with Gasteiger partial charge in [0, 0.05) is 25.2 Å². The second-order valence-electron chi connectivity index (χ2n) is 7.22. The van der Waals surface area contributed by atoms with Gasteiger partial charge < -0.3 is 4.52 Å². The highest BCUT2D eigenvalue weighted by Crippen LogP contribution is 2.20. The lowest BCUT2D eigenvalue weighted by Crippen LogP contribution is -2.35. The van der Waals surface area contributed by atoms with Gasteiger partial charge in [-0.25, -0.2) is 8.42 Å². The van der Waals surface area contributed by atoms with Crippen LogP contribution < -0.4 is 0 Å². The number of aryl methyl sites for hydroxylation is 1. The largest absolute Gasteiger partial charge is 0.338 e. The molecule has 152 valence electrons. The SMILES string of the molecule is Cc1ccc(S(=O)(=O)N2CCCN(Cc3nc(-c4ccccc4)no3)CC2)cc1. The molecule has 0 radical (unpaired) electrons. The first-order valence-electron chi connectivity index (χ1n) is 9.69. The van der Waals surface area contributed by atoms with Crippen LogP contribution in [-0.2, 0) is 16.6 Å². The van der Waals surface area contributed by atoms with Crippen molar-refractivity contribution in [2.24, 2.45) is 0 Å². The van der Waals surface area contributed by atoms with Gasteiger partial charge >= 0.3 is 0 Å². The fourth-order valence-corrected chi connectivity index (χ4v) is 4.89. The third kappa shape index (κ3) is 4.55. The Morgan fingerprint density at radius 2 is 1.72 bits per heavy atom. The maximum atomic E-state index is 12.9. The van der Waals surface area contributed by atoms with Gasteiger partial charge in [0.2, 0.25) is 21.7 Å². The topological polar surface area (TPSA) is 79.5 Å². The standard InChI is InChI=1S/C21H24N4O3S/c1-17-8-10-19(11-9-17)29(26,27)25-13-5-12-24(14-15-25)16-20-22-21(23-28-20)18-6-3-2-4-7-18/h2-4,6-11H,5,12-16H2,1H3. The zero-order chi connectivity index (χ0) is 20.3. The third-order valence-corrected chi connectivity index (χ3v) is 6.98. The highest BCUT2D eigenvalue weighted by molar-refractivity contribution is 7.89. The van der Waals surface area contributed by atoms with E-state index in [1.54, 1.807) is 16.4 Å². The van der Waals surface area contributed by atoms with E-state index in [0.29, 0.717) is 42.8 Å². The van der Waals surface area contributed by atoms with Crippen molar-refractivity contribution in [1.82, 2.24) is 19.3 Å². The van der Waals surface area contributed by atoms with Crippen LogP contribution in [0.5, 0.6) is 0 Å². The summed E-state index contributed by atoms with van der Waals surface area (Å²) in [6.45, 7) is 4.80. The van der Waals surface area contributed by atoms with Gasteiger partial charge in [-0.1, -0.05) is 53.2 Å². The van der Waals surface area contributed by atoms with E-state index in [-0.39, 0.29) is 0 Å². The average Bonchev–Trinajstić information content (AvgIpc) is 3.06. The van der Waals surface area contributed by atoms with Gasteiger partial charge in [-0.05, 0) is 32.0 Å². The number of aromatic nitrogens is 2. The summed E-state index contributed by atoms with van der Waals surface area (Å²) in [4.78, 5) is 6.99. The van der Waals surface area contributed by atoms with E-state index < -0.39 is 10.0 Å². The molecule has 0 atom stereocenters. The van der Waals surface area contributed by atoms with Crippen molar-refractivity contribution in [1.29, 1.82) is 0 Å². The van der Waals surface area contributed by atoms with Crippen molar-refractivity contribution in [3.8, 4) is 11.4 Å². The van der Waals surface area contributed by atoms with E-state index >= 15 is 0 Å². The Morgan fingerprint density at radius 1 is 0.966 bits per heavy atom. The lowest BCUT2D eigenvalue weighted by Gasteiger charge is -2.21. The van der Waals surface area contributed by atoms with Crippen LogP contribution in [0, 0.1) is 6.92 Å². The van der Waals surface area contributed by atoms with Gasteiger partial charge in [-0.15, -0.1) is 0 Å². The lowest BCUT2D eigenvalue weighted by atomic mass is 10.2. The van der Waals surface area contributed by atoms with Gasteiger partial charge in [0.15, 0.2) is 0 Å². The van der Waals surface area contributed by atoms with E-state index in [1.165, 1.54) is 0 Å². The molecule has 0 N–H and O–H groups in total. The van der Waals surface area contributed by atoms with Crippen LogP contribution in [0.1, 0.15) is 17.9 Å². The molecule has 0 unspecified atom stereocenters. The molecule has 1 aromatic heterocycles. The van der Waals surface area contributed by atoms with Crippen LogP contribution in [0.25, 0.3) is 11.4 Å². The maximum absolute atomic E-state index is 12.9. The second-order valence-corrected chi connectivity index (χ2v) is 9.16. The zero-order valence-corrected chi connectivity index (χ0v) is 17.2. The number of nitrogens with zero attached hydrogens (tertiary/aromatic N) is 4. The van der Waals surface area contributed by atoms with Crippen molar-refractivity contribution >= 4 is 10.0 Å². The predicted octanol–water partition coefficient (Wildman–Crippen LogP) is 2.94. The molecule has 7 nitrogen and oxygen atoms in total. The van der Waals surface area contributed by atoms with Gasteiger partial charge in [-0.3, -0.25) is 4.90 Å². The van der Waals surface area contributed by atoms with E-state index in [1.807, 2.05) is 49.4 Å². The molecule has 2 aromatic carbocycles. The van der Waals surface area contributed by atoms with E-state index in [0.717, 1.165) is 24.1 Å². The van der Waals surface area contributed by atoms with Gasteiger partial charge in [-0.2, -0.15) is 9.29 Å². The molecular weight excluding hydrogens is 388 g/mol. The third-order valence-electron chi connectivity index (χ3n) is 5.07. The van der Waals surface area contributed by atoms with E-state index in [4.69, 9.17) is 4.52 Å². The number of hydrogen-bond donors (Lipinski definition) is 0. The smallest absolute Gasteiger partial charge is 0.243 e.